The molecular formula is C20H24O4. The number of ether oxygens (including phenoxy) is 1. The lowest BCUT2D eigenvalue weighted by Gasteiger charge is -2.51. The van der Waals surface area contributed by atoms with Crippen LogP contribution in [0.3, 0.4) is 0 Å². The molecule has 0 saturated heterocycles. The Kier molecular flexibility index (Phi) is 3.48. The van der Waals surface area contributed by atoms with Crippen molar-refractivity contribution in [1.29, 1.82) is 0 Å². The number of carbonyl (C=O) groups is 2. The van der Waals surface area contributed by atoms with Crippen LogP contribution < -0.4 is 0 Å². The van der Waals surface area contributed by atoms with Gasteiger partial charge in [0.05, 0.1) is 0 Å². The summed E-state index contributed by atoms with van der Waals surface area (Å²) in [5, 5.41) is 9.79. The largest absolute Gasteiger partial charge is 0.508 e. The third-order valence-electron chi connectivity index (χ3n) is 6.69. The van der Waals surface area contributed by atoms with Crippen LogP contribution in [-0.4, -0.2) is 23.0 Å². The topological polar surface area (TPSA) is 63.6 Å². The summed E-state index contributed by atoms with van der Waals surface area (Å²) in [6.07, 6.45) is 3.89. The van der Waals surface area contributed by atoms with E-state index in [1.165, 1.54) is 12.5 Å². The van der Waals surface area contributed by atoms with Crippen molar-refractivity contribution in [3.8, 4) is 5.75 Å². The molecule has 0 aliphatic heterocycles. The zero-order valence-electron chi connectivity index (χ0n) is 14.2. The molecule has 3 unspecified atom stereocenters. The van der Waals surface area contributed by atoms with E-state index in [-0.39, 0.29) is 29.2 Å². The SMILES string of the molecule is CC(=O)O[C@H]1C[C@]2(C)C(=O)CCC2C2CCc3cc(O)ccc3C21. The number of phenolic OH excluding ortho intramolecular Hbond substituents is 1. The van der Waals surface area contributed by atoms with Crippen LogP contribution in [0.1, 0.15) is 56.6 Å². The summed E-state index contributed by atoms with van der Waals surface area (Å²) in [7, 11) is 0. The summed E-state index contributed by atoms with van der Waals surface area (Å²) in [6, 6.07) is 5.54. The van der Waals surface area contributed by atoms with Crippen molar-refractivity contribution in [2.24, 2.45) is 17.3 Å². The van der Waals surface area contributed by atoms with E-state index >= 15 is 0 Å². The molecule has 1 N–H and O–H groups in total. The van der Waals surface area contributed by atoms with E-state index in [0.717, 1.165) is 24.8 Å². The Morgan fingerprint density at radius 2 is 2.08 bits per heavy atom. The van der Waals surface area contributed by atoms with E-state index in [2.05, 4.69) is 6.92 Å². The standard InChI is InChI=1S/C20H24O4/c1-11(21)24-17-10-20(2)16(7-8-18(20)23)15-5-3-12-9-13(22)4-6-14(12)19(15)17/h4,6,9,15-17,19,22H,3,5,7-8,10H2,1-2H3/t15?,16?,17-,19?,20-/m0/s1. The monoisotopic (exact) mass is 328 g/mol. The highest BCUT2D eigenvalue weighted by Crippen LogP contribution is 2.60. The van der Waals surface area contributed by atoms with Crippen molar-refractivity contribution in [2.75, 3.05) is 0 Å². The molecule has 2 fully saturated rings. The zero-order chi connectivity index (χ0) is 17.1. The first-order valence-electron chi connectivity index (χ1n) is 8.92. The Hall–Kier alpha value is -1.84. The molecule has 0 bridgehead atoms. The lowest BCUT2D eigenvalue weighted by atomic mass is 9.54. The summed E-state index contributed by atoms with van der Waals surface area (Å²) in [5.74, 6) is 1.23. The Bertz CT molecular complexity index is 710. The maximum Gasteiger partial charge on any atom is 0.302 e. The average Bonchev–Trinajstić information content (AvgIpc) is 2.81. The van der Waals surface area contributed by atoms with Crippen LogP contribution >= 0.6 is 0 Å². The van der Waals surface area contributed by atoms with Crippen LogP contribution in [0.15, 0.2) is 18.2 Å². The number of aromatic hydroxyl groups is 1. The minimum absolute atomic E-state index is 0.141. The van der Waals surface area contributed by atoms with Gasteiger partial charge in [0.25, 0.3) is 0 Å². The zero-order valence-corrected chi connectivity index (χ0v) is 14.2. The van der Waals surface area contributed by atoms with Gasteiger partial charge in [-0.3, -0.25) is 9.59 Å². The molecule has 3 aliphatic carbocycles. The van der Waals surface area contributed by atoms with Crippen LogP contribution in [0.25, 0.3) is 0 Å². The lowest BCUT2D eigenvalue weighted by Crippen LogP contribution is -2.50. The maximum absolute atomic E-state index is 12.6. The van der Waals surface area contributed by atoms with E-state index < -0.39 is 0 Å². The lowest BCUT2D eigenvalue weighted by molar-refractivity contribution is -0.158. The smallest absolute Gasteiger partial charge is 0.302 e. The minimum atomic E-state index is -0.351. The molecule has 1 aromatic rings. The fraction of sp³-hybridized carbons (Fsp3) is 0.600. The van der Waals surface area contributed by atoms with Gasteiger partial charge in [-0.25, -0.2) is 0 Å². The number of Topliss-reactive ketones (excluding diaryl/α,β-unsaturated/α-hetero) is 1. The third-order valence-corrected chi connectivity index (χ3v) is 6.69. The summed E-state index contributed by atoms with van der Waals surface area (Å²) in [5.41, 5.74) is 1.99. The van der Waals surface area contributed by atoms with Gasteiger partial charge >= 0.3 is 5.97 Å². The number of hydrogen-bond donors (Lipinski definition) is 1. The molecule has 3 aliphatic rings. The maximum atomic E-state index is 12.6. The molecule has 0 amide bonds. The average molecular weight is 328 g/mol. The number of aryl methyl sites for hydroxylation is 1. The summed E-state index contributed by atoms with van der Waals surface area (Å²) < 4.78 is 5.72. The molecule has 2 saturated carbocycles. The molecule has 0 heterocycles. The Labute approximate surface area is 142 Å². The van der Waals surface area contributed by atoms with Crippen molar-refractivity contribution in [3.63, 3.8) is 0 Å². The molecule has 5 atom stereocenters. The number of ketones is 1. The van der Waals surface area contributed by atoms with Crippen LogP contribution in [0.2, 0.25) is 0 Å². The number of benzene rings is 1. The first kappa shape index (κ1) is 15.7. The molecule has 24 heavy (non-hydrogen) atoms. The van der Waals surface area contributed by atoms with Crippen molar-refractivity contribution in [3.05, 3.63) is 29.3 Å². The first-order chi connectivity index (χ1) is 11.4. The predicted molar refractivity (Wildman–Crippen MR) is 88.7 cm³/mol. The molecule has 0 spiro atoms. The summed E-state index contributed by atoms with van der Waals surface area (Å²) >= 11 is 0. The number of carbonyl (C=O) groups excluding carboxylic acids is 2. The second kappa shape index (κ2) is 5.33. The van der Waals surface area contributed by atoms with Gasteiger partial charge in [0.1, 0.15) is 17.6 Å². The van der Waals surface area contributed by atoms with Gasteiger partial charge in [0, 0.05) is 24.7 Å². The summed E-state index contributed by atoms with van der Waals surface area (Å²) in [6.45, 7) is 3.52. The number of fused-ring (bicyclic) bond motifs is 5. The van der Waals surface area contributed by atoms with E-state index in [1.807, 2.05) is 12.1 Å². The number of esters is 1. The molecule has 128 valence electrons. The van der Waals surface area contributed by atoms with Gasteiger partial charge in [-0.1, -0.05) is 13.0 Å². The van der Waals surface area contributed by atoms with E-state index in [0.29, 0.717) is 30.5 Å². The number of rotatable bonds is 1. The molecule has 1 aromatic carbocycles. The molecule has 0 aromatic heterocycles. The van der Waals surface area contributed by atoms with Crippen molar-refractivity contribution in [1.82, 2.24) is 0 Å². The van der Waals surface area contributed by atoms with E-state index in [4.69, 9.17) is 4.74 Å². The van der Waals surface area contributed by atoms with Gasteiger partial charge in [0.15, 0.2) is 0 Å². The quantitative estimate of drug-likeness (QED) is 0.803. The summed E-state index contributed by atoms with van der Waals surface area (Å²) in [4.78, 5) is 24.2. The number of phenols is 1. The second-order valence-electron chi connectivity index (χ2n) is 7.95. The normalized spacial score (nSPS) is 37.3. The fourth-order valence-corrected chi connectivity index (χ4v) is 5.72. The van der Waals surface area contributed by atoms with Gasteiger partial charge in [-0.15, -0.1) is 0 Å². The van der Waals surface area contributed by atoms with Crippen LogP contribution in [0, 0.1) is 17.3 Å². The fourth-order valence-electron chi connectivity index (χ4n) is 5.72. The van der Waals surface area contributed by atoms with Gasteiger partial charge < -0.3 is 9.84 Å². The van der Waals surface area contributed by atoms with Crippen molar-refractivity contribution >= 4 is 11.8 Å². The predicted octanol–water partition coefficient (Wildman–Crippen LogP) is 3.36. The van der Waals surface area contributed by atoms with E-state index in [1.54, 1.807) is 6.07 Å². The third kappa shape index (κ3) is 2.19. The highest BCUT2D eigenvalue weighted by Gasteiger charge is 2.58. The minimum Gasteiger partial charge on any atom is -0.508 e. The molecule has 4 nitrogen and oxygen atoms in total. The molecule has 4 heteroatoms. The van der Waals surface area contributed by atoms with Gasteiger partial charge in [-0.2, -0.15) is 0 Å². The Morgan fingerprint density at radius 3 is 2.83 bits per heavy atom. The van der Waals surface area contributed by atoms with Gasteiger partial charge in [-0.05, 0) is 60.8 Å². The van der Waals surface area contributed by atoms with E-state index in [9.17, 15) is 14.7 Å². The highest BCUT2D eigenvalue weighted by atomic mass is 16.5. The van der Waals surface area contributed by atoms with Gasteiger partial charge in [0.2, 0.25) is 0 Å². The molecular weight excluding hydrogens is 304 g/mol. The Balaban J connectivity index is 1.79. The Morgan fingerprint density at radius 1 is 1.29 bits per heavy atom. The molecule has 0 radical (unpaired) electrons. The second-order valence-corrected chi connectivity index (χ2v) is 7.95. The van der Waals surface area contributed by atoms with Crippen LogP contribution in [-0.2, 0) is 20.7 Å². The number of hydrogen-bond acceptors (Lipinski definition) is 4. The van der Waals surface area contributed by atoms with Crippen LogP contribution in [0.5, 0.6) is 5.75 Å². The van der Waals surface area contributed by atoms with Crippen molar-refractivity contribution < 1.29 is 19.4 Å². The molecule has 4 rings (SSSR count). The first-order valence-corrected chi connectivity index (χ1v) is 8.92. The van der Waals surface area contributed by atoms with Crippen molar-refractivity contribution in [2.45, 2.75) is 58.0 Å². The van der Waals surface area contributed by atoms with Crippen LogP contribution in [0.4, 0.5) is 0 Å². The highest BCUT2D eigenvalue weighted by molar-refractivity contribution is 5.87.